The number of carbonyl (C=O) groups excluding carboxylic acids is 1. The number of carbonyl (C=O) groups is 2. The third-order valence-corrected chi connectivity index (χ3v) is 4.20. The molecule has 1 saturated carbocycles. The predicted molar refractivity (Wildman–Crippen MR) is 64.4 cm³/mol. The molecule has 1 rings (SSSR count). The van der Waals surface area contributed by atoms with E-state index >= 15 is 0 Å². The van der Waals surface area contributed by atoms with Crippen molar-refractivity contribution in [1.29, 1.82) is 0 Å². The van der Waals surface area contributed by atoms with Crippen molar-refractivity contribution in [2.24, 2.45) is 11.1 Å². The van der Waals surface area contributed by atoms with Gasteiger partial charge in [-0.15, -0.1) is 0 Å². The lowest BCUT2D eigenvalue weighted by Gasteiger charge is -2.41. The van der Waals surface area contributed by atoms with Crippen molar-refractivity contribution in [2.75, 3.05) is 6.54 Å². The fourth-order valence-corrected chi connectivity index (χ4v) is 2.23. The molecule has 0 aromatic heterocycles. The summed E-state index contributed by atoms with van der Waals surface area (Å²) in [6.07, 6.45) is 3.13. The quantitative estimate of drug-likeness (QED) is 0.644. The molecule has 0 atom stereocenters. The van der Waals surface area contributed by atoms with Gasteiger partial charge in [0.1, 0.15) is 5.54 Å². The van der Waals surface area contributed by atoms with Crippen LogP contribution in [-0.4, -0.2) is 29.1 Å². The smallest absolute Gasteiger partial charge is 0.329 e. The van der Waals surface area contributed by atoms with Gasteiger partial charge in [0.15, 0.2) is 0 Å². The van der Waals surface area contributed by atoms with E-state index in [1.807, 2.05) is 13.8 Å². The Morgan fingerprint density at radius 1 is 1.35 bits per heavy atom. The highest BCUT2D eigenvalue weighted by molar-refractivity contribution is 5.90. The molecule has 5 heteroatoms. The summed E-state index contributed by atoms with van der Waals surface area (Å²) in [5, 5.41) is 11.9. The van der Waals surface area contributed by atoms with E-state index in [1.165, 1.54) is 0 Å². The Hall–Kier alpha value is -1.10. The summed E-state index contributed by atoms with van der Waals surface area (Å²) in [4.78, 5) is 23.4. The summed E-state index contributed by atoms with van der Waals surface area (Å²) in [6.45, 7) is 4.07. The van der Waals surface area contributed by atoms with E-state index in [-0.39, 0.29) is 12.5 Å². The van der Waals surface area contributed by atoms with Crippen molar-refractivity contribution >= 4 is 11.9 Å². The van der Waals surface area contributed by atoms with Crippen LogP contribution in [0, 0.1) is 5.41 Å². The lowest BCUT2D eigenvalue weighted by molar-refractivity contribution is -0.154. The number of rotatable bonds is 6. The molecule has 0 aromatic carbocycles. The van der Waals surface area contributed by atoms with Crippen LogP contribution in [0.2, 0.25) is 0 Å². The summed E-state index contributed by atoms with van der Waals surface area (Å²) in [7, 11) is 0. The molecule has 0 saturated heterocycles. The molecule has 1 aliphatic carbocycles. The van der Waals surface area contributed by atoms with Crippen molar-refractivity contribution in [3.8, 4) is 0 Å². The number of carboxylic acid groups (broad SMARTS) is 1. The second-order valence-electron chi connectivity index (χ2n) is 4.89. The fraction of sp³-hybridized carbons (Fsp3) is 0.833. The van der Waals surface area contributed by atoms with Gasteiger partial charge in [-0.2, -0.15) is 0 Å². The van der Waals surface area contributed by atoms with Gasteiger partial charge in [0.05, 0.1) is 5.41 Å². The molecule has 0 unspecified atom stereocenters. The van der Waals surface area contributed by atoms with E-state index in [0.29, 0.717) is 25.7 Å². The number of carboxylic acids is 1. The highest BCUT2D eigenvalue weighted by atomic mass is 16.4. The van der Waals surface area contributed by atoms with E-state index in [0.717, 1.165) is 6.42 Å². The first kappa shape index (κ1) is 14.0. The molecule has 0 heterocycles. The van der Waals surface area contributed by atoms with Crippen LogP contribution in [-0.2, 0) is 9.59 Å². The van der Waals surface area contributed by atoms with E-state index in [2.05, 4.69) is 5.32 Å². The van der Waals surface area contributed by atoms with Crippen LogP contribution in [0.25, 0.3) is 0 Å². The fourth-order valence-electron chi connectivity index (χ4n) is 2.23. The SMILES string of the molecule is CCC(CC)(CN)C(=O)NC1(C(=O)O)CCC1. The summed E-state index contributed by atoms with van der Waals surface area (Å²) < 4.78 is 0. The summed E-state index contributed by atoms with van der Waals surface area (Å²) >= 11 is 0. The summed E-state index contributed by atoms with van der Waals surface area (Å²) in [5.74, 6) is -1.15. The third kappa shape index (κ3) is 2.29. The number of nitrogens with two attached hydrogens (primary N) is 1. The van der Waals surface area contributed by atoms with Crippen LogP contribution in [0.4, 0.5) is 0 Å². The second kappa shape index (κ2) is 5.04. The van der Waals surface area contributed by atoms with Gasteiger partial charge in [-0.3, -0.25) is 4.79 Å². The summed E-state index contributed by atoms with van der Waals surface area (Å²) in [5.41, 5.74) is 4.01. The lowest BCUT2D eigenvalue weighted by Crippen LogP contribution is -2.62. The minimum Gasteiger partial charge on any atom is -0.480 e. The number of aliphatic carboxylic acids is 1. The topological polar surface area (TPSA) is 92.4 Å². The van der Waals surface area contributed by atoms with Crippen LogP contribution in [0.15, 0.2) is 0 Å². The molecular formula is C12H22N2O3. The molecule has 0 bridgehead atoms. The van der Waals surface area contributed by atoms with Crippen molar-refractivity contribution in [2.45, 2.75) is 51.5 Å². The molecule has 1 aliphatic rings. The van der Waals surface area contributed by atoms with Gasteiger partial charge in [0.25, 0.3) is 0 Å². The monoisotopic (exact) mass is 242 g/mol. The number of hydrogen-bond donors (Lipinski definition) is 3. The number of nitrogens with one attached hydrogen (secondary N) is 1. The van der Waals surface area contributed by atoms with Crippen molar-refractivity contribution < 1.29 is 14.7 Å². The molecule has 1 fully saturated rings. The molecule has 5 nitrogen and oxygen atoms in total. The number of hydrogen-bond acceptors (Lipinski definition) is 3. The predicted octanol–water partition coefficient (Wildman–Crippen LogP) is 0.875. The zero-order valence-electron chi connectivity index (χ0n) is 10.6. The number of amides is 1. The molecule has 0 spiro atoms. The van der Waals surface area contributed by atoms with Gasteiger partial charge < -0.3 is 16.2 Å². The molecule has 17 heavy (non-hydrogen) atoms. The maximum Gasteiger partial charge on any atom is 0.329 e. The van der Waals surface area contributed by atoms with Gasteiger partial charge in [-0.25, -0.2) is 4.79 Å². The van der Waals surface area contributed by atoms with E-state index < -0.39 is 16.9 Å². The van der Waals surface area contributed by atoms with Crippen molar-refractivity contribution in [1.82, 2.24) is 5.32 Å². The molecule has 0 aromatic rings. The first-order valence-electron chi connectivity index (χ1n) is 6.22. The van der Waals surface area contributed by atoms with Gasteiger partial charge in [0.2, 0.25) is 5.91 Å². The molecular weight excluding hydrogens is 220 g/mol. The Balaban J connectivity index is 2.80. The standard InChI is InChI=1S/C12H22N2O3/c1-3-11(4-2,8-13)9(15)14-12(10(16)17)6-5-7-12/h3-8,13H2,1-2H3,(H,14,15)(H,16,17). The molecule has 98 valence electrons. The zero-order valence-corrected chi connectivity index (χ0v) is 10.6. The van der Waals surface area contributed by atoms with E-state index in [9.17, 15) is 14.7 Å². The normalized spacial score (nSPS) is 18.3. The maximum absolute atomic E-state index is 12.2. The van der Waals surface area contributed by atoms with Crippen LogP contribution in [0.3, 0.4) is 0 Å². The molecule has 4 N–H and O–H groups in total. The van der Waals surface area contributed by atoms with Crippen LogP contribution < -0.4 is 11.1 Å². The Kier molecular flexibility index (Phi) is 4.14. The Labute approximate surface area is 102 Å². The zero-order chi connectivity index (χ0) is 13.1. The Bertz CT molecular complexity index is 299. The minimum absolute atomic E-state index is 0.216. The third-order valence-electron chi connectivity index (χ3n) is 4.20. The Morgan fingerprint density at radius 3 is 2.12 bits per heavy atom. The molecule has 0 radical (unpaired) electrons. The highest BCUT2D eigenvalue weighted by Crippen LogP contribution is 2.34. The average molecular weight is 242 g/mol. The summed E-state index contributed by atoms with van der Waals surface area (Å²) in [6, 6.07) is 0. The van der Waals surface area contributed by atoms with Gasteiger partial charge in [-0.1, -0.05) is 13.8 Å². The van der Waals surface area contributed by atoms with Gasteiger partial charge in [-0.05, 0) is 32.1 Å². The van der Waals surface area contributed by atoms with Crippen LogP contribution >= 0.6 is 0 Å². The average Bonchev–Trinajstić information content (AvgIpc) is 2.26. The molecule has 0 aliphatic heterocycles. The highest BCUT2D eigenvalue weighted by Gasteiger charge is 2.48. The van der Waals surface area contributed by atoms with Gasteiger partial charge in [0, 0.05) is 6.54 Å². The lowest BCUT2D eigenvalue weighted by atomic mass is 9.74. The van der Waals surface area contributed by atoms with Crippen molar-refractivity contribution in [3.63, 3.8) is 0 Å². The van der Waals surface area contributed by atoms with Crippen LogP contribution in [0.1, 0.15) is 46.0 Å². The Morgan fingerprint density at radius 2 is 1.88 bits per heavy atom. The largest absolute Gasteiger partial charge is 0.480 e. The van der Waals surface area contributed by atoms with Crippen LogP contribution in [0.5, 0.6) is 0 Å². The minimum atomic E-state index is -1.04. The molecule has 1 amide bonds. The first-order valence-corrected chi connectivity index (χ1v) is 6.22. The van der Waals surface area contributed by atoms with Crippen molar-refractivity contribution in [3.05, 3.63) is 0 Å². The second-order valence-corrected chi connectivity index (χ2v) is 4.89. The first-order chi connectivity index (χ1) is 7.96. The maximum atomic E-state index is 12.2. The van der Waals surface area contributed by atoms with E-state index in [4.69, 9.17) is 5.73 Å². The van der Waals surface area contributed by atoms with E-state index in [1.54, 1.807) is 0 Å². The van der Waals surface area contributed by atoms with Gasteiger partial charge >= 0.3 is 5.97 Å².